The molecule has 1 aliphatic rings. The molecule has 1 amide bonds. The first-order valence-electron chi connectivity index (χ1n) is 12.6. The molecule has 1 aromatic carbocycles. The second-order valence-electron chi connectivity index (χ2n) is 10.4. The summed E-state index contributed by atoms with van der Waals surface area (Å²) in [6.07, 6.45) is 10.2. The van der Waals surface area contributed by atoms with Gasteiger partial charge in [0.1, 0.15) is 17.2 Å². The number of rotatable bonds is 4. The van der Waals surface area contributed by atoms with Crippen molar-refractivity contribution in [1.82, 2.24) is 24.6 Å². The average molecular weight is 518 g/mol. The number of carbonyl (C=O) groups excluding carboxylic acids is 1. The first-order chi connectivity index (χ1) is 18.2. The van der Waals surface area contributed by atoms with Crippen LogP contribution in [-0.4, -0.2) is 49.4 Å². The molecule has 0 unspecified atom stereocenters. The first kappa shape index (κ1) is 25.5. The van der Waals surface area contributed by atoms with Gasteiger partial charge in [-0.1, -0.05) is 0 Å². The van der Waals surface area contributed by atoms with E-state index in [0.717, 1.165) is 53.3 Å². The number of piperidine rings is 1. The Hall–Kier alpha value is -4.14. The van der Waals surface area contributed by atoms with E-state index in [0.29, 0.717) is 18.8 Å². The van der Waals surface area contributed by atoms with Gasteiger partial charge in [-0.3, -0.25) is 14.6 Å². The largest absolute Gasteiger partial charge is 0.444 e. The van der Waals surface area contributed by atoms with Crippen LogP contribution in [-0.2, 0) is 4.74 Å². The second-order valence-corrected chi connectivity index (χ2v) is 10.4. The SMILES string of the molecule is CC(C)(C)OC(=O)N1CCC(n2cc(-c3cncc(-c4ccnc(-c5cc(F)ccc5F)c4)c3)cn2)CC1. The van der Waals surface area contributed by atoms with Crippen LogP contribution in [0.1, 0.15) is 39.7 Å². The van der Waals surface area contributed by atoms with Crippen LogP contribution in [0.4, 0.5) is 13.6 Å². The van der Waals surface area contributed by atoms with Gasteiger partial charge in [0.05, 0.1) is 17.9 Å². The lowest BCUT2D eigenvalue weighted by Gasteiger charge is -2.33. The number of amides is 1. The number of halogens is 2. The standard InChI is InChI=1S/C29H29F2N5O2/c1-29(2,3)38-28(37)35-10-7-24(8-11-35)36-18-22(17-34-36)21-12-20(15-32-16-21)19-6-9-33-27(13-19)25-14-23(30)4-5-26(25)31/h4-6,9,12-18,24H,7-8,10-11H2,1-3H3. The van der Waals surface area contributed by atoms with E-state index in [-0.39, 0.29) is 17.7 Å². The minimum atomic E-state index is -0.535. The summed E-state index contributed by atoms with van der Waals surface area (Å²) in [7, 11) is 0. The summed E-state index contributed by atoms with van der Waals surface area (Å²) >= 11 is 0. The summed E-state index contributed by atoms with van der Waals surface area (Å²) in [5.74, 6) is -1.06. The number of likely N-dealkylation sites (tertiary alicyclic amines) is 1. The minimum Gasteiger partial charge on any atom is -0.444 e. The lowest BCUT2D eigenvalue weighted by molar-refractivity contribution is 0.0185. The van der Waals surface area contributed by atoms with Crippen LogP contribution < -0.4 is 0 Å². The Morgan fingerprint density at radius 3 is 2.42 bits per heavy atom. The number of hydrogen-bond donors (Lipinski definition) is 0. The van der Waals surface area contributed by atoms with E-state index in [1.807, 2.05) is 43.8 Å². The fourth-order valence-corrected chi connectivity index (χ4v) is 4.53. The van der Waals surface area contributed by atoms with Gasteiger partial charge >= 0.3 is 6.09 Å². The fraction of sp³-hybridized carbons (Fsp3) is 0.310. The molecule has 7 nitrogen and oxygen atoms in total. The number of hydrogen-bond acceptors (Lipinski definition) is 5. The van der Waals surface area contributed by atoms with Crippen molar-refractivity contribution in [2.75, 3.05) is 13.1 Å². The smallest absolute Gasteiger partial charge is 0.410 e. The third kappa shape index (κ3) is 5.72. The molecule has 0 radical (unpaired) electrons. The average Bonchev–Trinajstić information content (AvgIpc) is 3.40. The predicted octanol–water partition coefficient (Wildman–Crippen LogP) is 6.52. The highest BCUT2D eigenvalue weighted by Crippen LogP contribution is 2.30. The summed E-state index contributed by atoms with van der Waals surface area (Å²) < 4.78 is 35.5. The normalized spacial score (nSPS) is 14.5. The van der Waals surface area contributed by atoms with Gasteiger partial charge in [-0.2, -0.15) is 5.10 Å². The number of benzene rings is 1. The third-order valence-corrected chi connectivity index (χ3v) is 6.46. The highest BCUT2D eigenvalue weighted by molar-refractivity contribution is 5.74. The Morgan fingerprint density at radius 2 is 1.68 bits per heavy atom. The van der Waals surface area contributed by atoms with Crippen molar-refractivity contribution in [3.05, 3.63) is 79.0 Å². The molecular formula is C29H29F2N5O2. The summed E-state index contributed by atoms with van der Waals surface area (Å²) in [5.41, 5.74) is 3.34. The molecule has 0 bridgehead atoms. The zero-order valence-electron chi connectivity index (χ0n) is 21.6. The molecule has 9 heteroatoms. The molecular weight excluding hydrogens is 488 g/mol. The molecule has 38 heavy (non-hydrogen) atoms. The van der Waals surface area contributed by atoms with Crippen molar-refractivity contribution < 1.29 is 18.3 Å². The molecule has 5 rings (SSSR count). The highest BCUT2D eigenvalue weighted by atomic mass is 19.1. The molecule has 0 spiro atoms. The molecule has 0 saturated carbocycles. The van der Waals surface area contributed by atoms with Gasteiger partial charge < -0.3 is 9.64 Å². The number of aromatic nitrogens is 4. The molecule has 0 aliphatic carbocycles. The van der Waals surface area contributed by atoms with Gasteiger partial charge in [-0.15, -0.1) is 0 Å². The van der Waals surface area contributed by atoms with Crippen molar-refractivity contribution in [2.24, 2.45) is 0 Å². The van der Waals surface area contributed by atoms with Crippen LogP contribution >= 0.6 is 0 Å². The molecule has 0 N–H and O–H groups in total. The second kappa shape index (κ2) is 10.3. The van der Waals surface area contributed by atoms with E-state index in [4.69, 9.17) is 4.74 Å². The topological polar surface area (TPSA) is 73.1 Å². The maximum Gasteiger partial charge on any atom is 0.410 e. The Balaban J connectivity index is 1.31. The van der Waals surface area contributed by atoms with E-state index in [9.17, 15) is 13.6 Å². The molecule has 4 heterocycles. The summed E-state index contributed by atoms with van der Waals surface area (Å²) in [5, 5.41) is 4.59. The molecule has 1 fully saturated rings. The van der Waals surface area contributed by atoms with Gasteiger partial charge in [-0.25, -0.2) is 13.6 Å². The Kier molecular flexibility index (Phi) is 6.93. The first-order valence-corrected chi connectivity index (χ1v) is 12.6. The van der Waals surface area contributed by atoms with E-state index in [1.54, 1.807) is 35.8 Å². The Bertz CT molecular complexity index is 1460. The van der Waals surface area contributed by atoms with Gasteiger partial charge in [0.2, 0.25) is 0 Å². The summed E-state index contributed by atoms with van der Waals surface area (Å²) in [4.78, 5) is 22.7. The monoisotopic (exact) mass is 517 g/mol. The molecule has 3 aromatic heterocycles. The van der Waals surface area contributed by atoms with Gasteiger partial charge in [-0.05, 0) is 75.6 Å². The van der Waals surface area contributed by atoms with Crippen molar-refractivity contribution in [1.29, 1.82) is 0 Å². The van der Waals surface area contributed by atoms with Crippen LogP contribution in [0, 0.1) is 11.6 Å². The van der Waals surface area contributed by atoms with Crippen LogP contribution in [0.5, 0.6) is 0 Å². The van der Waals surface area contributed by atoms with E-state index in [1.165, 1.54) is 0 Å². The lowest BCUT2D eigenvalue weighted by atomic mass is 10.0. The van der Waals surface area contributed by atoms with Crippen molar-refractivity contribution >= 4 is 6.09 Å². The minimum absolute atomic E-state index is 0.106. The number of ether oxygens (including phenoxy) is 1. The molecule has 0 atom stereocenters. The van der Waals surface area contributed by atoms with Crippen molar-refractivity contribution in [2.45, 2.75) is 45.3 Å². The van der Waals surface area contributed by atoms with Crippen LogP contribution in [0.25, 0.3) is 33.5 Å². The Morgan fingerprint density at radius 1 is 0.947 bits per heavy atom. The fourth-order valence-electron chi connectivity index (χ4n) is 4.53. The van der Waals surface area contributed by atoms with Crippen LogP contribution in [0.2, 0.25) is 0 Å². The third-order valence-electron chi connectivity index (χ3n) is 6.46. The molecule has 4 aromatic rings. The van der Waals surface area contributed by atoms with E-state index in [2.05, 4.69) is 15.1 Å². The van der Waals surface area contributed by atoms with Crippen LogP contribution in [0.3, 0.4) is 0 Å². The zero-order chi connectivity index (χ0) is 26.9. The maximum atomic E-state index is 14.3. The lowest BCUT2D eigenvalue weighted by Crippen LogP contribution is -2.42. The Labute approximate surface area is 220 Å². The highest BCUT2D eigenvalue weighted by Gasteiger charge is 2.28. The van der Waals surface area contributed by atoms with Gasteiger partial charge in [0, 0.05) is 60.1 Å². The summed E-state index contributed by atoms with van der Waals surface area (Å²) in [6, 6.07) is 9.02. The number of pyridine rings is 2. The number of nitrogens with zero attached hydrogens (tertiary/aromatic N) is 5. The quantitative estimate of drug-likeness (QED) is 0.308. The van der Waals surface area contributed by atoms with Gasteiger partial charge in [0.25, 0.3) is 0 Å². The molecule has 1 saturated heterocycles. The van der Waals surface area contributed by atoms with E-state index >= 15 is 0 Å². The zero-order valence-corrected chi connectivity index (χ0v) is 21.6. The number of carbonyl (C=O) groups is 1. The van der Waals surface area contributed by atoms with Crippen molar-refractivity contribution in [3.63, 3.8) is 0 Å². The van der Waals surface area contributed by atoms with Crippen LogP contribution in [0.15, 0.2) is 67.4 Å². The van der Waals surface area contributed by atoms with Gasteiger partial charge in [0.15, 0.2) is 0 Å². The summed E-state index contributed by atoms with van der Waals surface area (Å²) in [6.45, 7) is 6.82. The molecule has 196 valence electrons. The van der Waals surface area contributed by atoms with Crippen molar-refractivity contribution in [3.8, 4) is 33.5 Å². The van der Waals surface area contributed by atoms with E-state index < -0.39 is 17.2 Å². The maximum absolute atomic E-state index is 14.3. The predicted molar refractivity (Wildman–Crippen MR) is 140 cm³/mol. The molecule has 1 aliphatic heterocycles.